The van der Waals surface area contributed by atoms with Gasteiger partial charge in [-0.05, 0) is 31.5 Å². The molecule has 2 aromatic rings. The Kier molecular flexibility index (Phi) is 6.99. The molecule has 1 aromatic heterocycles. The summed E-state index contributed by atoms with van der Waals surface area (Å²) in [5, 5.41) is 3.16. The molecule has 3 heterocycles. The van der Waals surface area contributed by atoms with Gasteiger partial charge in [-0.15, -0.1) is 0 Å². The average molecular weight is 460 g/mol. The highest BCUT2D eigenvalue weighted by atomic mass is 32.2. The lowest BCUT2D eigenvalue weighted by molar-refractivity contribution is 0.0899. The summed E-state index contributed by atoms with van der Waals surface area (Å²) in [6, 6.07) is 11.3. The monoisotopic (exact) mass is 459 g/mol. The maximum atomic E-state index is 13.2. The Bertz CT molecular complexity index is 1020. The van der Waals surface area contributed by atoms with Crippen molar-refractivity contribution in [3.05, 3.63) is 53.9 Å². The Labute approximate surface area is 190 Å². The summed E-state index contributed by atoms with van der Waals surface area (Å²) < 4.78 is 29.0. The number of sulfonamides is 1. The molecule has 1 unspecified atom stereocenters. The molecule has 0 bridgehead atoms. The Morgan fingerprint density at radius 3 is 2.31 bits per heavy atom. The van der Waals surface area contributed by atoms with E-state index in [0.29, 0.717) is 25.3 Å². The van der Waals surface area contributed by atoms with E-state index in [0.717, 1.165) is 44.6 Å². The number of rotatable bonds is 7. The molecule has 0 saturated carbocycles. The second-order valence-electron chi connectivity index (χ2n) is 8.82. The summed E-state index contributed by atoms with van der Waals surface area (Å²) in [6.45, 7) is 5.72. The first-order valence-corrected chi connectivity index (χ1v) is 12.7. The zero-order valence-corrected chi connectivity index (χ0v) is 19.7. The first-order valence-electron chi connectivity index (χ1n) is 11.3. The van der Waals surface area contributed by atoms with Crippen LogP contribution in [0.1, 0.15) is 34.9 Å². The minimum atomic E-state index is -3.56. The van der Waals surface area contributed by atoms with Crippen molar-refractivity contribution in [3.63, 3.8) is 0 Å². The smallest absolute Gasteiger partial charge is 0.268 e. The lowest BCUT2D eigenvalue weighted by Gasteiger charge is -2.35. The van der Waals surface area contributed by atoms with Crippen LogP contribution in [0.4, 0.5) is 0 Å². The lowest BCUT2D eigenvalue weighted by Crippen LogP contribution is -2.48. The molecule has 2 fully saturated rings. The van der Waals surface area contributed by atoms with Gasteiger partial charge in [0.25, 0.3) is 5.91 Å². The van der Waals surface area contributed by atoms with E-state index in [4.69, 9.17) is 0 Å². The number of amides is 1. The molecule has 1 amide bonds. The number of carbonyl (C=O) groups excluding carboxylic acids is 1. The molecule has 0 aliphatic carbocycles. The average Bonchev–Trinajstić information content (AvgIpc) is 3.46. The molecule has 0 spiro atoms. The van der Waals surface area contributed by atoms with Crippen LogP contribution >= 0.6 is 0 Å². The third kappa shape index (κ3) is 5.06. The van der Waals surface area contributed by atoms with Gasteiger partial charge in [0.1, 0.15) is 10.6 Å². The van der Waals surface area contributed by atoms with Gasteiger partial charge in [0.2, 0.25) is 10.0 Å². The van der Waals surface area contributed by atoms with Crippen LogP contribution in [0.5, 0.6) is 0 Å². The van der Waals surface area contributed by atoms with Gasteiger partial charge in [0, 0.05) is 59.1 Å². The standard InChI is InChI=1S/C23H33N5O3S/c1-25-12-14-27(15-13-25)18-21(19-8-4-3-5-9-19)24-23(29)22-16-20(17-26(22)2)32(30,31)28-10-6-7-11-28/h3-5,8-9,16-17,21H,6-7,10-15,18H2,1-2H3,(H,24,29). The Morgan fingerprint density at radius 2 is 1.66 bits per heavy atom. The van der Waals surface area contributed by atoms with E-state index in [2.05, 4.69) is 22.2 Å². The van der Waals surface area contributed by atoms with E-state index >= 15 is 0 Å². The normalized spacial score (nSPS) is 19.8. The largest absolute Gasteiger partial charge is 0.345 e. The number of hydrogen-bond donors (Lipinski definition) is 1. The molecule has 8 nitrogen and oxygen atoms in total. The van der Waals surface area contributed by atoms with Crippen molar-refractivity contribution in [2.24, 2.45) is 7.05 Å². The highest BCUT2D eigenvalue weighted by Gasteiger charge is 2.30. The van der Waals surface area contributed by atoms with Gasteiger partial charge in [0.15, 0.2) is 0 Å². The van der Waals surface area contributed by atoms with Crippen LogP contribution in [-0.2, 0) is 17.1 Å². The van der Waals surface area contributed by atoms with Crippen molar-refractivity contribution in [2.75, 3.05) is 52.9 Å². The minimum absolute atomic E-state index is 0.180. The van der Waals surface area contributed by atoms with Crippen molar-refractivity contribution in [1.82, 2.24) is 24.0 Å². The Hall–Kier alpha value is -2.20. The van der Waals surface area contributed by atoms with Crippen LogP contribution in [0, 0.1) is 0 Å². The summed E-state index contributed by atoms with van der Waals surface area (Å²) >= 11 is 0. The predicted octanol–water partition coefficient (Wildman–Crippen LogP) is 1.53. The SMILES string of the molecule is CN1CCN(CC(NC(=O)c2cc(S(=O)(=O)N3CCCC3)cn2C)c2ccccc2)CC1. The van der Waals surface area contributed by atoms with Gasteiger partial charge >= 0.3 is 0 Å². The fraction of sp³-hybridized carbons (Fsp3) is 0.522. The van der Waals surface area contributed by atoms with Gasteiger partial charge in [-0.2, -0.15) is 4.31 Å². The van der Waals surface area contributed by atoms with Crippen LogP contribution in [0.25, 0.3) is 0 Å². The van der Waals surface area contributed by atoms with Crippen molar-refractivity contribution < 1.29 is 13.2 Å². The first-order chi connectivity index (χ1) is 15.3. The molecular weight excluding hydrogens is 426 g/mol. The van der Waals surface area contributed by atoms with Crippen LogP contribution in [-0.4, -0.2) is 85.9 Å². The van der Waals surface area contributed by atoms with E-state index in [1.807, 2.05) is 30.3 Å². The fourth-order valence-electron chi connectivity index (χ4n) is 4.42. The third-order valence-electron chi connectivity index (χ3n) is 6.46. The molecule has 1 N–H and O–H groups in total. The van der Waals surface area contributed by atoms with Crippen LogP contribution < -0.4 is 5.32 Å². The molecule has 1 aromatic carbocycles. The van der Waals surface area contributed by atoms with Crippen molar-refractivity contribution in [3.8, 4) is 0 Å². The summed E-state index contributed by atoms with van der Waals surface area (Å²) in [7, 11) is 0.277. The van der Waals surface area contributed by atoms with E-state index in [1.54, 1.807) is 17.8 Å². The summed E-state index contributed by atoms with van der Waals surface area (Å²) in [6.07, 6.45) is 3.30. The van der Waals surface area contributed by atoms with Crippen LogP contribution in [0.2, 0.25) is 0 Å². The number of likely N-dealkylation sites (N-methyl/N-ethyl adjacent to an activating group) is 1. The highest BCUT2D eigenvalue weighted by molar-refractivity contribution is 7.89. The maximum absolute atomic E-state index is 13.2. The van der Waals surface area contributed by atoms with Gasteiger partial charge in [-0.1, -0.05) is 30.3 Å². The number of hydrogen-bond acceptors (Lipinski definition) is 5. The second kappa shape index (κ2) is 9.74. The predicted molar refractivity (Wildman–Crippen MR) is 124 cm³/mol. The zero-order valence-electron chi connectivity index (χ0n) is 18.9. The molecular formula is C23H33N5O3S. The van der Waals surface area contributed by atoms with Gasteiger partial charge in [-0.3, -0.25) is 9.69 Å². The maximum Gasteiger partial charge on any atom is 0.268 e. The molecule has 9 heteroatoms. The topological polar surface area (TPSA) is 77.9 Å². The number of nitrogens with one attached hydrogen (secondary N) is 1. The molecule has 32 heavy (non-hydrogen) atoms. The number of piperazine rings is 1. The number of aryl methyl sites for hydroxylation is 1. The Balaban J connectivity index is 1.52. The van der Waals surface area contributed by atoms with Crippen LogP contribution in [0.15, 0.2) is 47.5 Å². The molecule has 0 radical (unpaired) electrons. The molecule has 1 atom stereocenters. The van der Waals surface area contributed by atoms with E-state index in [-0.39, 0.29) is 16.8 Å². The fourth-order valence-corrected chi connectivity index (χ4v) is 6.01. The molecule has 2 saturated heterocycles. The highest BCUT2D eigenvalue weighted by Crippen LogP contribution is 2.23. The van der Waals surface area contributed by atoms with E-state index in [1.165, 1.54) is 10.4 Å². The molecule has 174 valence electrons. The van der Waals surface area contributed by atoms with Crippen molar-refractivity contribution in [2.45, 2.75) is 23.8 Å². The zero-order chi connectivity index (χ0) is 22.7. The van der Waals surface area contributed by atoms with Crippen LogP contribution in [0.3, 0.4) is 0 Å². The van der Waals surface area contributed by atoms with E-state index < -0.39 is 10.0 Å². The second-order valence-corrected chi connectivity index (χ2v) is 10.8. The molecule has 4 rings (SSSR count). The number of carbonyl (C=O) groups is 1. The number of nitrogens with zero attached hydrogens (tertiary/aromatic N) is 4. The van der Waals surface area contributed by atoms with Crippen molar-refractivity contribution >= 4 is 15.9 Å². The molecule has 2 aliphatic rings. The van der Waals surface area contributed by atoms with Gasteiger partial charge in [-0.25, -0.2) is 8.42 Å². The number of benzene rings is 1. The van der Waals surface area contributed by atoms with Crippen molar-refractivity contribution in [1.29, 1.82) is 0 Å². The molecule has 2 aliphatic heterocycles. The van der Waals surface area contributed by atoms with Gasteiger partial charge < -0.3 is 14.8 Å². The van der Waals surface area contributed by atoms with Gasteiger partial charge in [0.05, 0.1) is 6.04 Å². The summed E-state index contributed by atoms with van der Waals surface area (Å²) in [5.74, 6) is -0.265. The Morgan fingerprint density at radius 1 is 1.00 bits per heavy atom. The lowest BCUT2D eigenvalue weighted by atomic mass is 10.1. The third-order valence-corrected chi connectivity index (χ3v) is 8.32. The minimum Gasteiger partial charge on any atom is -0.345 e. The summed E-state index contributed by atoms with van der Waals surface area (Å²) in [5.41, 5.74) is 1.39. The quantitative estimate of drug-likeness (QED) is 0.680. The number of aromatic nitrogens is 1. The van der Waals surface area contributed by atoms with E-state index in [9.17, 15) is 13.2 Å². The summed E-state index contributed by atoms with van der Waals surface area (Å²) in [4.78, 5) is 18.1. The first kappa shape index (κ1) is 23.0.